The van der Waals surface area contributed by atoms with Crippen molar-refractivity contribution in [1.29, 1.82) is 0 Å². The summed E-state index contributed by atoms with van der Waals surface area (Å²) in [7, 11) is 0. The Morgan fingerprint density at radius 2 is 0.596 bits per heavy atom. The summed E-state index contributed by atoms with van der Waals surface area (Å²) in [5.41, 5.74) is 27.7. The van der Waals surface area contributed by atoms with Gasteiger partial charge in [0, 0.05) is 76.5 Å². The minimum Gasteiger partial charge on any atom is -0.455 e. The Morgan fingerprint density at radius 3 is 1.24 bits per heavy atom. The van der Waals surface area contributed by atoms with Gasteiger partial charge in [-0.15, -0.1) is 0 Å². The molecular weight excluding hydrogens is 1390 g/mol. The van der Waals surface area contributed by atoms with Crippen LogP contribution >= 0.6 is 0 Å². The predicted octanol–water partition coefficient (Wildman–Crippen LogP) is 30.4. The van der Waals surface area contributed by atoms with Gasteiger partial charge in [0.05, 0.1) is 50.5 Å². The van der Waals surface area contributed by atoms with E-state index in [9.17, 15) is 0 Å². The summed E-state index contributed by atoms with van der Waals surface area (Å²) in [4.78, 5) is 4.89. The Labute approximate surface area is 657 Å². The predicted molar refractivity (Wildman–Crippen MR) is 479 cm³/mol. The second kappa shape index (κ2) is 26.2. The summed E-state index contributed by atoms with van der Waals surface area (Å²) in [6.07, 6.45) is 0. The van der Waals surface area contributed by atoms with Crippen LogP contribution < -0.4 is 9.80 Å². The molecule has 0 saturated carbocycles. The molecule has 19 aromatic carbocycles. The average Bonchev–Trinajstić information content (AvgIpc) is 1.58. The Bertz CT molecular complexity index is 7770. The Balaban J connectivity index is 0.624. The standard InChI is InChI=1S/C108H68N4O2/c1-2-25-70(26-3-1)83-35-8-12-43-94(83)110(80-33-21-31-76(67-80)85-42-24-51-103-105(85)91-62-55-71-28-5-7-36-86(71)107(91)113-103)100-48-17-19-50-102(100)112-97-46-15-11-39-90(97)93-68-74(58-64-98(93)112)73-56-61-87-77(65-73)57-63-92-106-84(41-23-52-104(106)114-108(87)92)75-30-20-32-79(66-75)109(78-59-53-72(54-60-78)82-40-22-29-69-27-4-6-34-81(69)82)99-47-16-18-49-101(99)111-95-44-13-9-37-88(95)89-38-10-14-45-96(89)111/h1-68H. The molecule has 6 heteroatoms. The number of fused-ring (bicyclic) bond motifs is 17. The minimum atomic E-state index is 0.841. The summed E-state index contributed by atoms with van der Waals surface area (Å²) in [5, 5.41) is 16.0. The molecule has 0 atom stereocenters. The molecule has 23 aromatic rings. The smallest absolute Gasteiger partial charge is 0.143 e. The van der Waals surface area contributed by atoms with Crippen molar-refractivity contribution in [2.45, 2.75) is 0 Å². The van der Waals surface area contributed by atoms with Crippen molar-refractivity contribution in [3.05, 3.63) is 413 Å². The maximum atomic E-state index is 7.10. The molecular formula is C108H68N4O2. The lowest BCUT2D eigenvalue weighted by Crippen LogP contribution is -2.14. The molecule has 0 aliphatic carbocycles. The van der Waals surface area contributed by atoms with Gasteiger partial charge in [0.2, 0.25) is 0 Å². The summed E-state index contributed by atoms with van der Waals surface area (Å²) in [6.45, 7) is 0. The van der Waals surface area contributed by atoms with Crippen LogP contribution in [0.25, 0.3) is 187 Å². The van der Waals surface area contributed by atoms with E-state index in [1.165, 1.54) is 37.9 Å². The van der Waals surface area contributed by atoms with Crippen molar-refractivity contribution in [3.8, 4) is 67.0 Å². The number of aromatic nitrogens is 2. The van der Waals surface area contributed by atoms with Gasteiger partial charge in [-0.25, -0.2) is 0 Å². The van der Waals surface area contributed by atoms with E-state index in [0.717, 1.165) is 183 Å². The zero-order valence-electron chi connectivity index (χ0n) is 61.9. The highest BCUT2D eigenvalue weighted by Gasteiger charge is 2.27. The second-order valence-electron chi connectivity index (χ2n) is 29.8. The number of anilines is 6. The van der Waals surface area contributed by atoms with Gasteiger partial charge < -0.3 is 27.8 Å². The minimum absolute atomic E-state index is 0.841. The van der Waals surface area contributed by atoms with Crippen molar-refractivity contribution in [3.63, 3.8) is 0 Å². The van der Waals surface area contributed by atoms with E-state index in [1.54, 1.807) is 0 Å². The van der Waals surface area contributed by atoms with Gasteiger partial charge in [0.25, 0.3) is 0 Å². The second-order valence-corrected chi connectivity index (χ2v) is 29.8. The SMILES string of the molecule is c1ccc(-c2ccccc2N(c2cccc(-c3cccc4oc5c6ccccc6ccc5c34)c2)c2ccccc2-n2c3ccccc3c3cc(-c4ccc5c(ccc6c5oc5cccc(-c7cccc(N(c8ccc(-c9cccc%10ccccc9%10)cc8)c8ccccc8-n8c9ccccc9c9ccccc98)c7)c56)c4)ccc32)cc1. The van der Waals surface area contributed by atoms with Gasteiger partial charge >= 0.3 is 0 Å². The van der Waals surface area contributed by atoms with E-state index >= 15 is 0 Å². The van der Waals surface area contributed by atoms with E-state index in [0.29, 0.717) is 0 Å². The van der Waals surface area contributed by atoms with E-state index in [2.05, 4.69) is 431 Å². The van der Waals surface area contributed by atoms with Crippen LogP contribution in [0, 0.1) is 0 Å². The molecule has 0 spiro atoms. The Kier molecular flexibility index (Phi) is 14.9. The average molecular weight is 1450 g/mol. The van der Waals surface area contributed by atoms with Crippen LogP contribution in [0.3, 0.4) is 0 Å². The van der Waals surface area contributed by atoms with Crippen LogP contribution in [-0.4, -0.2) is 9.13 Å². The van der Waals surface area contributed by atoms with Crippen LogP contribution in [0.4, 0.5) is 34.1 Å². The number of rotatable bonds is 13. The van der Waals surface area contributed by atoms with E-state index in [4.69, 9.17) is 8.83 Å². The molecule has 0 radical (unpaired) electrons. The number of hydrogen-bond acceptors (Lipinski definition) is 4. The van der Waals surface area contributed by atoms with Crippen molar-refractivity contribution >= 4 is 154 Å². The van der Waals surface area contributed by atoms with Gasteiger partial charge in [-0.05, 0) is 205 Å². The first-order chi connectivity index (χ1) is 56.6. The fourth-order valence-electron chi connectivity index (χ4n) is 18.4. The summed E-state index contributed by atoms with van der Waals surface area (Å²) in [6, 6.07) is 150. The topological polar surface area (TPSA) is 42.6 Å². The first-order valence-corrected chi connectivity index (χ1v) is 39.0. The lowest BCUT2D eigenvalue weighted by atomic mass is 9.96. The molecule has 0 unspecified atom stereocenters. The number of hydrogen-bond donors (Lipinski definition) is 0. The zero-order chi connectivity index (χ0) is 74.9. The molecule has 0 saturated heterocycles. The van der Waals surface area contributed by atoms with Crippen LogP contribution in [0.15, 0.2) is 421 Å². The van der Waals surface area contributed by atoms with Gasteiger partial charge in [-0.2, -0.15) is 0 Å². The number of benzene rings is 19. The maximum absolute atomic E-state index is 7.10. The molecule has 6 nitrogen and oxygen atoms in total. The molecule has 114 heavy (non-hydrogen) atoms. The lowest BCUT2D eigenvalue weighted by Gasteiger charge is -2.30. The van der Waals surface area contributed by atoms with Crippen molar-refractivity contribution in [1.82, 2.24) is 9.13 Å². The summed E-state index contributed by atoms with van der Waals surface area (Å²) >= 11 is 0. The van der Waals surface area contributed by atoms with Crippen LogP contribution in [0.2, 0.25) is 0 Å². The molecule has 0 N–H and O–H groups in total. The third-order valence-corrected chi connectivity index (χ3v) is 23.5. The molecule has 0 amide bonds. The first-order valence-electron chi connectivity index (χ1n) is 39.0. The Morgan fingerprint density at radius 1 is 0.193 bits per heavy atom. The quantitative estimate of drug-likeness (QED) is 0.115. The summed E-state index contributed by atoms with van der Waals surface area (Å²) in [5.74, 6) is 0. The number of nitrogens with zero attached hydrogens (tertiary/aromatic N) is 4. The third kappa shape index (κ3) is 10.4. The van der Waals surface area contributed by atoms with Crippen LogP contribution in [0.5, 0.6) is 0 Å². The molecule has 0 bridgehead atoms. The zero-order valence-corrected chi connectivity index (χ0v) is 61.9. The fraction of sp³-hybridized carbons (Fsp3) is 0. The molecule has 0 aliphatic rings. The molecule has 0 fully saturated rings. The molecule has 0 aliphatic heterocycles. The molecule has 532 valence electrons. The fourth-order valence-corrected chi connectivity index (χ4v) is 18.4. The van der Waals surface area contributed by atoms with Crippen LogP contribution in [-0.2, 0) is 0 Å². The monoisotopic (exact) mass is 1450 g/mol. The molecule has 4 aromatic heterocycles. The number of furan rings is 2. The highest BCUT2D eigenvalue weighted by molar-refractivity contribution is 6.22. The highest BCUT2D eigenvalue weighted by atomic mass is 16.3. The lowest BCUT2D eigenvalue weighted by molar-refractivity contribution is 0.672. The largest absolute Gasteiger partial charge is 0.455 e. The van der Waals surface area contributed by atoms with Gasteiger partial charge in [-0.3, -0.25) is 0 Å². The van der Waals surface area contributed by atoms with E-state index < -0.39 is 0 Å². The van der Waals surface area contributed by atoms with E-state index in [1.807, 2.05) is 0 Å². The summed E-state index contributed by atoms with van der Waals surface area (Å²) < 4.78 is 18.8. The normalized spacial score (nSPS) is 11.9. The Hall–Kier alpha value is -15.2. The molecule has 23 rings (SSSR count). The van der Waals surface area contributed by atoms with Crippen molar-refractivity contribution in [2.24, 2.45) is 0 Å². The van der Waals surface area contributed by atoms with E-state index in [-0.39, 0.29) is 0 Å². The van der Waals surface area contributed by atoms with Gasteiger partial charge in [-0.1, -0.05) is 279 Å². The third-order valence-electron chi connectivity index (χ3n) is 23.5. The number of para-hydroxylation sites is 8. The maximum Gasteiger partial charge on any atom is 0.143 e. The first kappa shape index (κ1) is 64.7. The molecule has 4 heterocycles. The van der Waals surface area contributed by atoms with Gasteiger partial charge in [0.1, 0.15) is 22.3 Å². The van der Waals surface area contributed by atoms with Crippen LogP contribution in [0.1, 0.15) is 0 Å². The van der Waals surface area contributed by atoms with Gasteiger partial charge in [0.15, 0.2) is 0 Å². The van der Waals surface area contributed by atoms with Crippen molar-refractivity contribution < 1.29 is 8.83 Å². The van der Waals surface area contributed by atoms with Crippen molar-refractivity contribution in [2.75, 3.05) is 9.80 Å². The highest BCUT2D eigenvalue weighted by Crippen LogP contribution is 2.51.